The Morgan fingerprint density at radius 2 is 1.96 bits per heavy atom. The number of rotatable bonds is 6. The van der Waals surface area contributed by atoms with E-state index in [9.17, 15) is 4.39 Å². The van der Waals surface area contributed by atoms with Gasteiger partial charge in [0.2, 0.25) is 5.89 Å². The third-order valence-corrected chi connectivity index (χ3v) is 4.26. The highest BCUT2D eigenvalue weighted by atomic mass is 32.2. The lowest BCUT2D eigenvalue weighted by atomic mass is 9.97. The van der Waals surface area contributed by atoms with E-state index < -0.39 is 0 Å². The highest BCUT2D eigenvalue weighted by Crippen LogP contribution is 2.19. The minimum atomic E-state index is -0.216. The van der Waals surface area contributed by atoms with Gasteiger partial charge >= 0.3 is 0 Å². The molecule has 0 saturated heterocycles. The second-order valence-electron chi connectivity index (χ2n) is 6.89. The van der Waals surface area contributed by atoms with Gasteiger partial charge in [0.05, 0.1) is 6.54 Å². The number of aliphatic imine (C=N–C) groups is 1. The Balaban J connectivity index is 1.93. The van der Waals surface area contributed by atoms with Gasteiger partial charge in [0.25, 0.3) is 0 Å². The molecule has 0 atom stereocenters. The van der Waals surface area contributed by atoms with Crippen LogP contribution in [0.5, 0.6) is 0 Å². The van der Waals surface area contributed by atoms with Gasteiger partial charge in [0.15, 0.2) is 11.8 Å². The van der Waals surface area contributed by atoms with Gasteiger partial charge in [-0.05, 0) is 29.5 Å². The van der Waals surface area contributed by atoms with Crippen LogP contribution < -0.4 is 10.6 Å². The first-order valence-electron chi connectivity index (χ1n) is 8.37. The summed E-state index contributed by atoms with van der Waals surface area (Å²) in [4.78, 5) is 8.58. The molecule has 2 rings (SSSR count). The lowest BCUT2D eigenvalue weighted by Gasteiger charge is -2.13. The molecule has 0 aliphatic rings. The first-order valence-corrected chi connectivity index (χ1v) is 9.76. The highest BCUT2D eigenvalue weighted by Gasteiger charge is 2.21. The number of thioether (sulfide) groups is 1. The molecule has 6 nitrogen and oxygen atoms in total. The smallest absolute Gasteiger partial charge is 0.232 e. The van der Waals surface area contributed by atoms with E-state index in [1.54, 1.807) is 30.9 Å². The van der Waals surface area contributed by atoms with Gasteiger partial charge in [-0.2, -0.15) is 16.7 Å². The number of guanidine groups is 1. The van der Waals surface area contributed by atoms with Crippen LogP contribution in [0.4, 0.5) is 4.39 Å². The molecule has 0 aliphatic heterocycles. The van der Waals surface area contributed by atoms with Gasteiger partial charge in [-0.15, -0.1) is 0 Å². The number of benzene rings is 1. The van der Waals surface area contributed by atoms with Crippen LogP contribution in [0.3, 0.4) is 0 Å². The summed E-state index contributed by atoms with van der Waals surface area (Å²) < 4.78 is 18.7. The number of nitrogens with one attached hydrogen (secondary N) is 2. The molecule has 2 aromatic rings. The second-order valence-corrected chi connectivity index (χ2v) is 7.76. The van der Waals surface area contributed by atoms with Crippen molar-refractivity contribution < 1.29 is 8.91 Å². The van der Waals surface area contributed by atoms with Crippen molar-refractivity contribution in [2.45, 2.75) is 45.0 Å². The first kappa shape index (κ1) is 20.2. The van der Waals surface area contributed by atoms with Crippen LogP contribution in [0.1, 0.15) is 43.6 Å². The minimum absolute atomic E-state index is 0.179. The van der Waals surface area contributed by atoms with E-state index in [0.717, 1.165) is 16.9 Å². The summed E-state index contributed by atoms with van der Waals surface area (Å²) in [7, 11) is 1.69. The maximum atomic E-state index is 13.4. The van der Waals surface area contributed by atoms with Crippen LogP contribution in [-0.4, -0.2) is 29.4 Å². The fourth-order valence-corrected chi connectivity index (χ4v) is 2.83. The molecule has 1 aromatic heterocycles. The lowest BCUT2D eigenvalue weighted by Crippen LogP contribution is -2.36. The van der Waals surface area contributed by atoms with E-state index in [0.29, 0.717) is 30.8 Å². The van der Waals surface area contributed by atoms with Crippen molar-refractivity contribution in [3.8, 4) is 0 Å². The average molecular weight is 380 g/mol. The average Bonchev–Trinajstić information content (AvgIpc) is 3.06. The zero-order valence-electron chi connectivity index (χ0n) is 15.9. The number of hydrogen-bond acceptors (Lipinski definition) is 5. The second kappa shape index (κ2) is 9.02. The van der Waals surface area contributed by atoms with E-state index in [4.69, 9.17) is 4.52 Å². The van der Waals surface area contributed by atoms with E-state index in [1.165, 1.54) is 6.07 Å². The monoisotopic (exact) mass is 379 g/mol. The Bertz CT molecular complexity index is 754. The molecule has 0 aliphatic carbocycles. The molecule has 0 saturated carbocycles. The van der Waals surface area contributed by atoms with Gasteiger partial charge in [0, 0.05) is 24.8 Å². The van der Waals surface area contributed by atoms with E-state index in [1.807, 2.05) is 27.0 Å². The molecule has 0 spiro atoms. The Hall–Kier alpha value is -2.09. The highest BCUT2D eigenvalue weighted by molar-refractivity contribution is 7.97. The van der Waals surface area contributed by atoms with Gasteiger partial charge in [-0.25, -0.2) is 4.39 Å². The summed E-state index contributed by atoms with van der Waals surface area (Å²) in [5.41, 5.74) is 1.84. The van der Waals surface area contributed by atoms with Gasteiger partial charge in [-0.1, -0.05) is 32.0 Å². The fraction of sp³-hybridized carbons (Fsp3) is 0.500. The largest absolute Gasteiger partial charge is 0.352 e. The van der Waals surface area contributed by atoms with Crippen molar-refractivity contribution in [1.82, 2.24) is 20.8 Å². The number of hydrogen-bond donors (Lipinski definition) is 2. The number of halogens is 1. The quantitative estimate of drug-likeness (QED) is 0.593. The van der Waals surface area contributed by atoms with Gasteiger partial charge in [0.1, 0.15) is 5.82 Å². The summed E-state index contributed by atoms with van der Waals surface area (Å²) in [5.74, 6) is 2.34. The molecule has 0 amide bonds. The minimum Gasteiger partial charge on any atom is -0.352 e. The standard InChI is InChI=1S/C18H26FN5OS/c1-18(2,3)16-23-15(24-25-16)10-22-17(20-4)21-9-12-6-7-14(19)8-13(12)11-26-5/h6-8H,9-11H2,1-5H3,(H2,20,21,22). The van der Waals surface area contributed by atoms with Crippen molar-refractivity contribution in [2.75, 3.05) is 13.3 Å². The molecule has 142 valence electrons. The molecule has 1 heterocycles. The van der Waals surface area contributed by atoms with Crippen LogP contribution in [-0.2, 0) is 24.3 Å². The van der Waals surface area contributed by atoms with Crippen LogP contribution in [0.25, 0.3) is 0 Å². The lowest BCUT2D eigenvalue weighted by molar-refractivity contribution is 0.318. The van der Waals surface area contributed by atoms with E-state index in [2.05, 4.69) is 25.8 Å². The van der Waals surface area contributed by atoms with Crippen molar-refractivity contribution >= 4 is 17.7 Å². The van der Waals surface area contributed by atoms with Crippen LogP contribution in [0, 0.1) is 5.82 Å². The van der Waals surface area contributed by atoms with Crippen molar-refractivity contribution in [1.29, 1.82) is 0 Å². The SMILES string of the molecule is CN=C(NCc1noc(C(C)(C)C)n1)NCc1ccc(F)cc1CSC. The molecular weight excluding hydrogens is 353 g/mol. The Morgan fingerprint density at radius 1 is 1.23 bits per heavy atom. The molecule has 0 bridgehead atoms. The van der Waals surface area contributed by atoms with Crippen LogP contribution in [0.2, 0.25) is 0 Å². The van der Waals surface area contributed by atoms with Crippen LogP contribution in [0.15, 0.2) is 27.7 Å². The Morgan fingerprint density at radius 3 is 2.58 bits per heavy atom. The zero-order chi connectivity index (χ0) is 19.2. The van der Waals surface area contributed by atoms with Crippen LogP contribution >= 0.6 is 11.8 Å². The predicted octanol–water partition coefficient (Wildman–Crippen LogP) is 3.23. The summed E-state index contributed by atoms with van der Waals surface area (Å²) in [6.45, 7) is 7.02. The molecule has 1 aromatic carbocycles. The molecule has 0 radical (unpaired) electrons. The molecule has 8 heteroatoms. The molecule has 0 unspecified atom stereocenters. The Kier molecular flexibility index (Phi) is 7.02. The van der Waals surface area contributed by atoms with Crippen molar-refractivity contribution in [3.05, 3.63) is 46.9 Å². The summed E-state index contributed by atoms with van der Waals surface area (Å²) in [6, 6.07) is 4.86. The van der Waals surface area contributed by atoms with Crippen molar-refractivity contribution in [2.24, 2.45) is 4.99 Å². The third-order valence-electron chi connectivity index (χ3n) is 3.66. The summed E-state index contributed by atoms with van der Waals surface area (Å²) >= 11 is 1.66. The number of aromatic nitrogens is 2. The molecule has 26 heavy (non-hydrogen) atoms. The first-order chi connectivity index (χ1) is 12.3. The maximum Gasteiger partial charge on any atom is 0.232 e. The fourth-order valence-electron chi connectivity index (χ4n) is 2.25. The predicted molar refractivity (Wildman–Crippen MR) is 104 cm³/mol. The van der Waals surface area contributed by atoms with Gasteiger partial charge in [-0.3, -0.25) is 4.99 Å². The molecular formula is C18H26FN5OS. The van der Waals surface area contributed by atoms with E-state index >= 15 is 0 Å². The van der Waals surface area contributed by atoms with Gasteiger partial charge < -0.3 is 15.2 Å². The number of nitrogens with zero attached hydrogens (tertiary/aromatic N) is 3. The summed E-state index contributed by atoms with van der Waals surface area (Å²) in [6.07, 6.45) is 2.00. The maximum absolute atomic E-state index is 13.4. The third kappa shape index (κ3) is 5.72. The molecule has 0 fully saturated rings. The zero-order valence-corrected chi connectivity index (χ0v) is 16.7. The normalized spacial score (nSPS) is 12.3. The summed E-state index contributed by atoms with van der Waals surface area (Å²) in [5, 5.41) is 10.4. The van der Waals surface area contributed by atoms with E-state index in [-0.39, 0.29) is 11.2 Å². The van der Waals surface area contributed by atoms with Crippen molar-refractivity contribution in [3.63, 3.8) is 0 Å². The Labute approximate surface area is 158 Å². The molecule has 2 N–H and O–H groups in total. The topological polar surface area (TPSA) is 75.3 Å².